The Morgan fingerprint density at radius 3 is 2.40 bits per heavy atom. The Labute approximate surface area is 243 Å². The molecule has 1 heterocycles. The minimum atomic E-state index is -0.358. The van der Waals surface area contributed by atoms with Crippen molar-refractivity contribution in [3.8, 4) is 0 Å². The highest BCUT2D eigenvalue weighted by molar-refractivity contribution is 5.76. The number of aryl methyl sites for hydroxylation is 1. The highest BCUT2D eigenvalue weighted by Crippen LogP contribution is 2.51. The van der Waals surface area contributed by atoms with Gasteiger partial charge in [0.05, 0.1) is 31.5 Å². The van der Waals surface area contributed by atoms with Crippen LogP contribution in [0.1, 0.15) is 103 Å². The maximum atomic E-state index is 12.3. The summed E-state index contributed by atoms with van der Waals surface area (Å²) >= 11 is 0. The summed E-state index contributed by atoms with van der Waals surface area (Å²) in [7, 11) is 1.50. The first kappa shape index (κ1) is 30.6. The number of carbonyl (C=O) groups is 1. The van der Waals surface area contributed by atoms with Crippen LogP contribution in [0.5, 0.6) is 0 Å². The molecule has 0 amide bonds. The topological polar surface area (TPSA) is 44.8 Å². The largest absolute Gasteiger partial charge is 0.501 e. The van der Waals surface area contributed by atoms with Crippen molar-refractivity contribution < 1.29 is 19.0 Å². The number of allylic oxidation sites excluding steroid dienone is 2. The van der Waals surface area contributed by atoms with Gasteiger partial charge >= 0.3 is 5.97 Å². The van der Waals surface area contributed by atoms with E-state index in [0.717, 1.165) is 51.6 Å². The number of hydrogen-bond acceptors (Lipinski definition) is 4. The zero-order valence-electron chi connectivity index (χ0n) is 25.9. The number of hydrogen-bond donors (Lipinski definition) is 0. The summed E-state index contributed by atoms with van der Waals surface area (Å²) in [5, 5.41) is 0. The molecular weight excluding hydrogens is 496 g/mol. The first-order chi connectivity index (χ1) is 19.1. The molecule has 4 heteroatoms. The number of carbonyl (C=O) groups excluding carboxylic acids is 1. The average molecular weight is 549 g/mol. The predicted octanol–water partition coefficient (Wildman–Crippen LogP) is 8.86. The van der Waals surface area contributed by atoms with E-state index in [4.69, 9.17) is 14.2 Å². The van der Waals surface area contributed by atoms with E-state index in [1.807, 2.05) is 0 Å². The van der Waals surface area contributed by atoms with E-state index in [-0.39, 0.29) is 28.8 Å². The lowest BCUT2D eigenvalue weighted by atomic mass is 9.62. The zero-order valence-corrected chi connectivity index (χ0v) is 25.9. The molecule has 220 valence electrons. The van der Waals surface area contributed by atoms with Gasteiger partial charge in [-0.2, -0.15) is 0 Å². The predicted molar refractivity (Wildman–Crippen MR) is 163 cm³/mol. The standard InChI is InChI=1S/C36H52O4/c1-8-40-32(33(27(4)29-14-15-29)30-12-9-25(2)10-13-30)22-26(3)21-28-11-16-31(24-39-23-28)35(5)17-19-36(6,20-18-35)34(37)38-7/h9-10,12-13,22,24,28-29,32-33H,4,8,11,14-21,23H2,1-3,5-7H3. The molecule has 0 N–H and O–H groups in total. The van der Waals surface area contributed by atoms with E-state index >= 15 is 0 Å². The van der Waals surface area contributed by atoms with Crippen molar-refractivity contribution in [3.05, 3.63) is 71.0 Å². The van der Waals surface area contributed by atoms with Crippen molar-refractivity contribution in [3.63, 3.8) is 0 Å². The van der Waals surface area contributed by atoms with Gasteiger partial charge in [-0.05, 0) is 114 Å². The second-order valence-electron chi connectivity index (χ2n) is 13.4. The normalized spacial score (nSPS) is 29.0. The highest BCUT2D eigenvalue weighted by atomic mass is 16.5. The molecule has 1 aromatic rings. The van der Waals surface area contributed by atoms with E-state index in [2.05, 4.69) is 77.8 Å². The molecule has 0 saturated heterocycles. The minimum absolute atomic E-state index is 0.00791. The molecule has 2 aliphatic carbocycles. The molecule has 2 fully saturated rings. The van der Waals surface area contributed by atoms with Crippen LogP contribution in [0.2, 0.25) is 0 Å². The van der Waals surface area contributed by atoms with Gasteiger partial charge in [0, 0.05) is 12.5 Å². The van der Waals surface area contributed by atoms with Crippen molar-refractivity contribution >= 4 is 5.97 Å². The number of ether oxygens (including phenoxy) is 3. The summed E-state index contributed by atoms with van der Waals surface area (Å²) in [6.07, 6.45) is 13.8. The van der Waals surface area contributed by atoms with Gasteiger partial charge in [-0.25, -0.2) is 0 Å². The molecule has 2 saturated carbocycles. The van der Waals surface area contributed by atoms with Crippen LogP contribution in [-0.2, 0) is 19.0 Å². The fraction of sp³-hybridized carbons (Fsp3) is 0.639. The Hall–Kier alpha value is -2.33. The van der Waals surface area contributed by atoms with Crippen molar-refractivity contribution in [2.45, 2.75) is 104 Å². The average Bonchev–Trinajstić information content (AvgIpc) is 3.80. The van der Waals surface area contributed by atoms with Crippen molar-refractivity contribution in [1.29, 1.82) is 0 Å². The number of benzene rings is 1. The molecule has 3 aliphatic rings. The fourth-order valence-corrected chi connectivity index (χ4v) is 6.85. The van der Waals surface area contributed by atoms with Crippen LogP contribution in [0, 0.1) is 29.6 Å². The third-order valence-electron chi connectivity index (χ3n) is 9.97. The lowest BCUT2D eigenvalue weighted by molar-refractivity contribution is -0.154. The Bertz CT molecular complexity index is 1080. The fourth-order valence-electron chi connectivity index (χ4n) is 6.85. The number of methoxy groups -OCH3 is 1. The van der Waals surface area contributed by atoms with Crippen LogP contribution in [0.3, 0.4) is 0 Å². The minimum Gasteiger partial charge on any atom is -0.501 e. The van der Waals surface area contributed by atoms with Crippen LogP contribution in [-0.4, -0.2) is 32.4 Å². The van der Waals surface area contributed by atoms with Crippen molar-refractivity contribution in [1.82, 2.24) is 0 Å². The quantitative estimate of drug-likeness (QED) is 0.205. The Morgan fingerprint density at radius 2 is 1.80 bits per heavy atom. The summed E-state index contributed by atoms with van der Waals surface area (Å²) in [5.41, 5.74) is 6.42. The summed E-state index contributed by atoms with van der Waals surface area (Å²) < 4.78 is 17.7. The molecule has 3 atom stereocenters. The van der Waals surface area contributed by atoms with E-state index in [1.54, 1.807) is 0 Å². The van der Waals surface area contributed by atoms with Crippen LogP contribution in [0.25, 0.3) is 0 Å². The van der Waals surface area contributed by atoms with E-state index in [0.29, 0.717) is 18.4 Å². The summed E-state index contributed by atoms with van der Waals surface area (Å²) in [4.78, 5) is 12.3. The molecular formula is C36H52O4. The highest BCUT2D eigenvalue weighted by Gasteiger charge is 2.44. The molecule has 4 rings (SSSR count). The van der Waals surface area contributed by atoms with Gasteiger partial charge < -0.3 is 14.2 Å². The van der Waals surface area contributed by atoms with E-state index in [1.165, 1.54) is 47.8 Å². The lowest BCUT2D eigenvalue weighted by Crippen LogP contribution is -2.38. The monoisotopic (exact) mass is 548 g/mol. The molecule has 4 nitrogen and oxygen atoms in total. The van der Waals surface area contributed by atoms with Crippen LogP contribution >= 0.6 is 0 Å². The molecule has 0 radical (unpaired) electrons. The molecule has 1 aromatic carbocycles. The second-order valence-corrected chi connectivity index (χ2v) is 13.4. The molecule has 0 spiro atoms. The molecule has 40 heavy (non-hydrogen) atoms. The summed E-state index contributed by atoms with van der Waals surface area (Å²) in [6.45, 7) is 16.9. The van der Waals surface area contributed by atoms with Crippen molar-refractivity contribution in [2.24, 2.45) is 22.7 Å². The Morgan fingerprint density at radius 1 is 1.12 bits per heavy atom. The summed E-state index contributed by atoms with van der Waals surface area (Å²) in [6, 6.07) is 8.93. The van der Waals surface area contributed by atoms with Gasteiger partial charge in [0.25, 0.3) is 0 Å². The molecule has 0 aromatic heterocycles. The van der Waals surface area contributed by atoms with Crippen LogP contribution in [0.15, 0.2) is 59.9 Å². The SMILES string of the molecule is C=C(C1CC1)C(c1ccc(C)cc1)C(C=C(C)CC1CCC(C2(C)CCC(C)(C(=O)OC)CC2)=COC1)OCC. The first-order valence-corrected chi connectivity index (χ1v) is 15.5. The van der Waals surface area contributed by atoms with Gasteiger partial charge in [-0.1, -0.05) is 60.6 Å². The van der Waals surface area contributed by atoms with Crippen LogP contribution < -0.4 is 0 Å². The van der Waals surface area contributed by atoms with Gasteiger partial charge in [-0.3, -0.25) is 4.79 Å². The van der Waals surface area contributed by atoms with Gasteiger partial charge in [0.15, 0.2) is 0 Å². The maximum absolute atomic E-state index is 12.3. The molecule has 3 unspecified atom stereocenters. The Balaban J connectivity index is 1.41. The van der Waals surface area contributed by atoms with Gasteiger partial charge in [0.2, 0.25) is 0 Å². The maximum Gasteiger partial charge on any atom is 0.311 e. The van der Waals surface area contributed by atoms with E-state index in [9.17, 15) is 4.79 Å². The number of rotatable bonds is 11. The van der Waals surface area contributed by atoms with E-state index < -0.39 is 0 Å². The smallest absolute Gasteiger partial charge is 0.311 e. The third-order valence-corrected chi connectivity index (χ3v) is 9.97. The summed E-state index contributed by atoms with van der Waals surface area (Å²) in [5.74, 6) is 1.21. The lowest BCUT2D eigenvalue weighted by Gasteiger charge is -2.42. The van der Waals surface area contributed by atoms with Gasteiger partial charge in [0.1, 0.15) is 0 Å². The van der Waals surface area contributed by atoms with Crippen molar-refractivity contribution in [2.75, 3.05) is 20.3 Å². The second kappa shape index (κ2) is 13.1. The first-order valence-electron chi connectivity index (χ1n) is 15.5. The zero-order chi connectivity index (χ0) is 28.9. The number of esters is 1. The molecule has 0 bridgehead atoms. The van der Waals surface area contributed by atoms with Gasteiger partial charge in [-0.15, -0.1) is 0 Å². The third kappa shape index (κ3) is 7.29. The van der Waals surface area contributed by atoms with Crippen LogP contribution in [0.4, 0.5) is 0 Å². The Kier molecular flexibility index (Phi) is 10.0. The molecule has 1 aliphatic heterocycles.